The summed E-state index contributed by atoms with van der Waals surface area (Å²) in [6.45, 7) is 1.93. The van der Waals surface area contributed by atoms with Crippen molar-refractivity contribution in [1.82, 2.24) is 0 Å². The first-order valence-electron chi connectivity index (χ1n) is 7.67. The highest BCUT2D eigenvalue weighted by molar-refractivity contribution is 7.91. The van der Waals surface area contributed by atoms with E-state index in [1.807, 2.05) is 0 Å². The molecular weight excluding hydrogens is 369 g/mol. The van der Waals surface area contributed by atoms with Crippen LogP contribution in [0.2, 0.25) is 0 Å². The van der Waals surface area contributed by atoms with E-state index in [1.165, 1.54) is 36.4 Å². The number of nitrogens with one attached hydrogen (secondary N) is 1. The van der Waals surface area contributed by atoms with E-state index in [0.717, 1.165) is 6.07 Å². The molecule has 5 nitrogen and oxygen atoms in total. The normalized spacial score (nSPS) is 11.4. The summed E-state index contributed by atoms with van der Waals surface area (Å²) in [6.07, 6.45) is 0. The Morgan fingerprint density at radius 1 is 1.15 bits per heavy atom. The molecule has 0 aliphatic rings. The van der Waals surface area contributed by atoms with Gasteiger partial charge >= 0.3 is 5.76 Å². The van der Waals surface area contributed by atoms with E-state index in [1.54, 1.807) is 17.9 Å². The van der Waals surface area contributed by atoms with Gasteiger partial charge in [-0.25, -0.2) is 12.8 Å². The average molecular weight is 386 g/mol. The second kappa shape index (κ2) is 8.22. The van der Waals surface area contributed by atoms with Crippen molar-refractivity contribution in [2.75, 3.05) is 23.3 Å². The van der Waals surface area contributed by atoms with Gasteiger partial charge in [-0.15, -0.1) is 0 Å². The zero-order chi connectivity index (χ0) is 19.3. The zero-order valence-electron chi connectivity index (χ0n) is 13.8. The van der Waals surface area contributed by atoms with Crippen LogP contribution < -0.4 is 10.2 Å². The summed E-state index contributed by atoms with van der Waals surface area (Å²) in [7, 11) is -4.86. The quantitative estimate of drug-likeness (QED) is 0.793. The van der Waals surface area contributed by atoms with Crippen LogP contribution in [0.25, 0.3) is 0 Å². The molecule has 9 heteroatoms. The summed E-state index contributed by atoms with van der Waals surface area (Å²) in [5, 5.41) is 2.33. The number of halogens is 3. The molecule has 0 radical (unpaired) electrons. The molecule has 1 N–H and O–H groups in total. The van der Waals surface area contributed by atoms with Crippen molar-refractivity contribution in [1.29, 1.82) is 0 Å². The van der Waals surface area contributed by atoms with Crippen LogP contribution in [0, 0.1) is 5.82 Å². The van der Waals surface area contributed by atoms with E-state index in [2.05, 4.69) is 5.32 Å². The van der Waals surface area contributed by atoms with Gasteiger partial charge in [0.25, 0.3) is 0 Å². The first-order chi connectivity index (χ1) is 12.3. The summed E-state index contributed by atoms with van der Waals surface area (Å²) in [6, 6.07) is 10.6. The van der Waals surface area contributed by atoms with Crippen LogP contribution in [0.15, 0.2) is 53.4 Å². The second-order valence-electron chi connectivity index (χ2n) is 5.34. The van der Waals surface area contributed by atoms with Gasteiger partial charge in [0.2, 0.25) is 15.7 Å². The molecule has 0 fully saturated rings. The number of nitrogens with zero attached hydrogens (tertiary/aromatic N) is 1. The fourth-order valence-electron chi connectivity index (χ4n) is 2.34. The molecule has 1 amide bonds. The molecule has 2 aromatic carbocycles. The number of amides is 1. The number of likely N-dealkylation sites (N-methyl/N-ethyl adjacent to an activating group) is 1. The van der Waals surface area contributed by atoms with Gasteiger partial charge in [-0.1, -0.05) is 18.2 Å². The van der Waals surface area contributed by atoms with Crippen molar-refractivity contribution >= 4 is 27.1 Å². The minimum absolute atomic E-state index is 0.205. The number of benzene rings is 2. The van der Waals surface area contributed by atoms with E-state index in [4.69, 9.17) is 0 Å². The third-order valence-electron chi connectivity index (χ3n) is 3.59. The van der Waals surface area contributed by atoms with Crippen LogP contribution in [0.4, 0.5) is 24.5 Å². The Hall–Kier alpha value is -2.55. The molecule has 2 rings (SSSR count). The molecule has 0 unspecified atom stereocenters. The van der Waals surface area contributed by atoms with E-state index in [9.17, 15) is 26.4 Å². The van der Waals surface area contributed by atoms with Crippen molar-refractivity contribution < 1.29 is 26.4 Å². The number of anilines is 2. The van der Waals surface area contributed by atoms with Crippen molar-refractivity contribution in [3.63, 3.8) is 0 Å². The Morgan fingerprint density at radius 2 is 1.85 bits per heavy atom. The number of hydrogen-bond acceptors (Lipinski definition) is 4. The smallest absolute Gasteiger partial charge is 0.341 e. The maximum absolute atomic E-state index is 13.3. The monoisotopic (exact) mass is 386 g/mol. The highest BCUT2D eigenvalue weighted by Crippen LogP contribution is 2.26. The summed E-state index contributed by atoms with van der Waals surface area (Å²) in [4.78, 5) is 13.2. The zero-order valence-corrected chi connectivity index (χ0v) is 14.6. The first-order valence-corrected chi connectivity index (χ1v) is 9.21. The van der Waals surface area contributed by atoms with E-state index < -0.39 is 32.2 Å². The summed E-state index contributed by atoms with van der Waals surface area (Å²) in [5.41, 5.74) is 0.240. The molecule has 0 saturated heterocycles. The van der Waals surface area contributed by atoms with Crippen LogP contribution in [-0.2, 0) is 14.6 Å². The largest absolute Gasteiger partial charge is 0.362 e. The van der Waals surface area contributed by atoms with Crippen molar-refractivity contribution in [3.05, 3.63) is 54.3 Å². The highest BCUT2D eigenvalue weighted by Gasteiger charge is 2.29. The van der Waals surface area contributed by atoms with Crippen LogP contribution in [0.3, 0.4) is 0 Å². The molecule has 0 aliphatic carbocycles. The molecular formula is C17H17F3N2O3S. The summed E-state index contributed by atoms with van der Waals surface area (Å²) in [5.74, 6) is -4.68. The Kier molecular flexibility index (Phi) is 6.25. The molecule has 0 saturated carbocycles. The summed E-state index contributed by atoms with van der Waals surface area (Å²) < 4.78 is 62.4. The second-order valence-corrected chi connectivity index (χ2v) is 7.23. The predicted octanol–water partition coefficient (Wildman–Crippen LogP) is 3.29. The Morgan fingerprint density at radius 3 is 2.46 bits per heavy atom. The van der Waals surface area contributed by atoms with Crippen molar-refractivity contribution in [2.45, 2.75) is 17.6 Å². The lowest BCUT2D eigenvalue weighted by Crippen LogP contribution is -2.33. The fourth-order valence-corrected chi connectivity index (χ4v) is 3.22. The highest BCUT2D eigenvalue weighted by atomic mass is 32.2. The number of sulfone groups is 1. The minimum Gasteiger partial charge on any atom is -0.362 e. The van der Waals surface area contributed by atoms with Gasteiger partial charge in [0.05, 0.1) is 17.1 Å². The lowest BCUT2D eigenvalue weighted by atomic mass is 10.2. The number of rotatable bonds is 7. The van der Waals surface area contributed by atoms with Gasteiger partial charge in [-0.3, -0.25) is 4.79 Å². The van der Waals surface area contributed by atoms with Crippen molar-refractivity contribution in [2.24, 2.45) is 0 Å². The average Bonchev–Trinajstić information content (AvgIpc) is 2.59. The van der Waals surface area contributed by atoms with Gasteiger partial charge in [-0.05, 0) is 37.3 Å². The molecule has 0 aliphatic heterocycles. The van der Waals surface area contributed by atoms with Crippen LogP contribution >= 0.6 is 0 Å². The first kappa shape index (κ1) is 19.8. The lowest BCUT2D eigenvalue weighted by molar-refractivity contribution is -0.115. The van der Waals surface area contributed by atoms with E-state index in [0.29, 0.717) is 12.2 Å². The van der Waals surface area contributed by atoms with Gasteiger partial charge in [0.1, 0.15) is 5.82 Å². The number of alkyl halides is 2. The molecule has 140 valence electrons. The maximum atomic E-state index is 13.3. The number of carbonyl (C=O) groups is 1. The Bertz CT molecular complexity index is 888. The molecule has 2 aromatic rings. The maximum Gasteiger partial charge on any atom is 0.341 e. The fraction of sp³-hybridized carbons (Fsp3) is 0.235. The SMILES string of the molecule is CCN(CC(=O)Nc1ccccc1S(=O)(=O)C(F)F)c1cccc(F)c1. The number of hydrogen-bond donors (Lipinski definition) is 1. The lowest BCUT2D eigenvalue weighted by Gasteiger charge is -2.22. The minimum atomic E-state index is -4.86. The third kappa shape index (κ3) is 4.54. The molecule has 0 heterocycles. The standard InChI is InChI=1S/C17H17F3N2O3S/c1-2-22(13-7-5-6-12(18)10-13)11-16(23)21-14-8-3-4-9-15(14)26(24,25)17(19)20/h3-10,17H,2,11H2,1H3,(H,21,23). The topological polar surface area (TPSA) is 66.5 Å². The van der Waals surface area contributed by atoms with Gasteiger partial charge in [0, 0.05) is 12.2 Å². The third-order valence-corrected chi connectivity index (χ3v) is 5.03. The molecule has 0 aromatic heterocycles. The van der Waals surface area contributed by atoms with Crippen LogP contribution in [0.1, 0.15) is 6.92 Å². The van der Waals surface area contributed by atoms with Gasteiger partial charge < -0.3 is 10.2 Å². The Labute approximate surface area is 149 Å². The summed E-state index contributed by atoms with van der Waals surface area (Å²) >= 11 is 0. The van der Waals surface area contributed by atoms with Gasteiger partial charge in [-0.2, -0.15) is 8.78 Å². The van der Waals surface area contributed by atoms with Crippen LogP contribution in [-0.4, -0.2) is 33.2 Å². The van der Waals surface area contributed by atoms with Crippen LogP contribution in [0.5, 0.6) is 0 Å². The molecule has 0 bridgehead atoms. The Balaban J connectivity index is 2.20. The number of para-hydroxylation sites is 1. The molecule has 26 heavy (non-hydrogen) atoms. The van der Waals surface area contributed by atoms with Gasteiger partial charge in [0.15, 0.2) is 0 Å². The molecule has 0 atom stereocenters. The van der Waals surface area contributed by atoms with Crippen molar-refractivity contribution in [3.8, 4) is 0 Å². The van der Waals surface area contributed by atoms with E-state index >= 15 is 0 Å². The van der Waals surface area contributed by atoms with E-state index in [-0.39, 0.29) is 12.2 Å². The molecule has 0 spiro atoms. The number of carbonyl (C=O) groups excluding carboxylic acids is 1. The predicted molar refractivity (Wildman–Crippen MR) is 92.5 cm³/mol.